The maximum absolute atomic E-state index is 13.5. The first kappa shape index (κ1) is 20.7. The van der Waals surface area contributed by atoms with Gasteiger partial charge in [-0.25, -0.2) is 0 Å². The average molecular weight is 423 g/mol. The van der Waals surface area contributed by atoms with Crippen LogP contribution < -0.4 is 0 Å². The van der Waals surface area contributed by atoms with E-state index in [2.05, 4.69) is 31.1 Å². The molecule has 4 aliphatic carbocycles. The van der Waals surface area contributed by atoms with E-state index in [1.165, 1.54) is 12.5 Å². The first-order chi connectivity index (χ1) is 14.7. The van der Waals surface area contributed by atoms with Crippen molar-refractivity contribution in [3.63, 3.8) is 0 Å². The molecule has 0 bridgehead atoms. The van der Waals surface area contributed by atoms with E-state index in [1.807, 2.05) is 17.8 Å². The number of hydrogen-bond acceptors (Lipinski definition) is 4. The lowest BCUT2D eigenvalue weighted by molar-refractivity contribution is -0.148. The Morgan fingerprint density at radius 2 is 1.97 bits per heavy atom. The summed E-state index contributed by atoms with van der Waals surface area (Å²) in [6.07, 6.45) is 13.3. The maximum Gasteiger partial charge on any atom is 0.302 e. The summed E-state index contributed by atoms with van der Waals surface area (Å²) in [5.74, 6) is 1.77. The fraction of sp³-hybridized carbons (Fsp3) is 0.654. The molecule has 5 rings (SSSR count). The number of allylic oxidation sites excluding steroid dienone is 2. The number of nitrogens with zero attached hydrogens (tertiary/aromatic N) is 2. The Bertz CT molecular complexity index is 989. The Hall–Kier alpha value is -2.17. The number of aromatic nitrogens is 2. The average Bonchev–Trinajstić information content (AvgIpc) is 3.23. The summed E-state index contributed by atoms with van der Waals surface area (Å²) in [5.41, 5.74) is 3.42. The van der Waals surface area contributed by atoms with E-state index in [0.29, 0.717) is 23.5 Å². The molecular formula is C26H34N2O3. The fourth-order valence-corrected chi connectivity index (χ4v) is 7.47. The first-order valence-electron chi connectivity index (χ1n) is 11.8. The molecule has 5 nitrogen and oxygen atoms in total. The van der Waals surface area contributed by atoms with Gasteiger partial charge in [0, 0.05) is 32.0 Å². The molecule has 0 amide bonds. The quantitative estimate of drug-likeness (QED) is 0.387. The van der Waals surface area contributed by atoms with E-state index in [4.69, 9.17) is 4.74 Å². The van der Waals surface area contributed by atoms with E-state index in [9.17, 15) is 9.59 Å². The van der Waals surface area contributed by atoms with Crippen LogP contribution in [0.1, 0.15) is 71.4 Å². The maximum atomic E-state index is 13.5. The van der Waals surface area contributed by atoms with Crippen LogP contribution in [0.2, 0.25) is 0 Å². The molecule has 0 spiro atoms. The number of rotatable bonds is 2. The zero-order valence-electron chi connectivity index (χ0n) is 19.2. The predicted molar refractivity (Wildman–Crippen MR) is 119 cm³/mol. The van der Waals surface area contributed by atoms with Crippen molar-refractivity contribution in [2.45, 2.75) is 71.8 Å². The first-order valence-corrected chi connectivity index (χ1v) is 11.8. The summed E-state index contributed by atoms with van der Waals surface area (Å²) in [6.45, 7) is 6.17. The molecule has 4 aliphatic rings. The highest BCUT2D eigenvalue weighted by Crippen LogP contribution is 2.64. The summed E-state index contributed by atoms with van der Waals surface area (Å²) in [7, 11) is 1.93. The standard InChI is InChI=1S/C26H34N2O3/c1-16(29)31-20-7-10-25(2)18(15-20)5-6-21-22(25)8-11-26(3)23(21)14-17(24(26)30)13-19-9-12-27-28(19)4/h5,9,12-13,20-23H,6-8,10-11,14-15H2,1-4H3/b17-13+/t20-,21+,22-,23-,25+,26+/m1/s1. The number of fused-ring (bicyclic) bond motifs is 5. The van der Waals surface area contributed by atoms with Gasteiger partial charge in [-0.2, -0.15) is 5.10 Å². The number of Topliss-reactive ketones (excluding diaryl/α,β-unsaturated/α-hetero) is 1. The van der Waals surface area contributed by atoms with Crippen LogP contribution in [-0.2, 0) is 21.4 Å². The summed E-state index contributed by atoms with van der Waals surface area (Å²) < 4.78 is 7.39. The number of esters is 1. The van der Waals surface area contributed by atoms with Gasteiger partial charge in [-0.1, -0.05) is 25.5 Å². The highest BCUT2D eigenvalue weighted by atomic mass is 16.5. The van der Waals surface area contributed by atoms with Gasteiger partial charge in [-0.15, -0.1) is 0 Å². The van der Waals surface area contributed by atoms with Crippen molar-refractivity contribution in [1.82, 2.24) is 9.78 Å². The summed E-state index contributed by atoms with van der Waals surface area (Å²) in [4.78, 5) is 25.0. The summed E-state index contributed by atoms with van der Waals surface area (Å²) >= 11 is 0. The van der Waals surface area contributed by atoms with Crippen molar-refractivity contribution in [3.8, 4) is 0 Å². The van der Waals surface area contributed by atoms with Crippen LogP contribution in [0.5, 0.6) is 0 Å². The Morgan fingerprint density at radius 3 is 2.68 bits per heavy atom. The second kappa shape index (κ2) is 7.18. The second-order valence-corrected chi connectivity index (χ2v) is 10.8. The largest absolute Gasteiger partial charge is 0.462 e. The zero-order valence-corrected chi connectivity index (χ0v) is 19.2. The van der Waals surface area contributed by atoms with Gasteiger partial charge in [0.15, 0.2) is 5.78 Å². The molecular weight excluding hydrogens is 388 g/mol. The van der Waals surface area contributed by atoms with Crippen LogP contribution in [0.3, 0.4) is 0 Å². The van der Waals surface area contributed by atoms with E-state index < -0.39 is 0 Å². The summed E-state index contributed by atoms with van der Waals surface area (Å²) in [5, 5.41) is 4.26. The van der Waals surface area contributed by atoms with Crippen molar-refractivity contribution in [3.05, 3.63) is 35.2 Å². The Kier molecular flexibility index (Phi) is 4.80. The number of hydrogen-bond donors (Lipinski definition) is 0. The second-order valence-electron chi connectivity index (χ2n) is 10.8. The Labute approximate surface area is 184 Å². The van der Waals surface area contributed by atoms with Gasteiger partial charge in [-0.05, 0) is 79.4 Å². The molecule has 0 N–H and O–H groups in total. The molecule has 3 fully saturated rings. The minimum atomic E-state index is -0.234. The number of ether oxygens (including phenoxy) is 1. The molecule has 0 aliphatic heterocycles. The van der Waals surface area contributed by atoms with Gasteiger partial charge in [0.1, 0.15) is 6.10 Å². The molecule has 166 valence electrons. The molecule has 3 saturated carbocycles. The van der Waals surface area contributed by atoms with E-state index >= 15 is 0 Å². The van der Waals surface area contributed by atoms with Gasteiger partial charge >= 0.3 is 5.97 Å². The molecule has 6 atom stereocenters. The van der Waals surface area contributed by atoms with Gasteiger partial charge < -0.3 is 4.74 Å². The number of aryl methyl sites for hydroxylation is 1. The van der Waals surface area contributed by atoms with Crippen molar-refractivity contribution in [1.29, 1.82) is 0 Å². The smallest absolute Gasteiger partial charge is 0.302 e. The normalized spacial score (nSPS) is 40.7. The van der Waals surface area contributed by atoms with Crippen LogP contribution in [0.4, 0.5) is 0 Å². The fourth-order valence-electron chi connectivity index (χ4n) is 7.47. The lowest BCUT2D eigenvalue weighted by atomic mass is 9.48. The highest BCUT2D eigenvalue weighted by molar-refractivity contribution is 6.05. The number of carbonyl (C=O) groups excluding carboxylic acids is 2. The molecule has 1 heterocycles. The number of carbonyl (C=O) groups is 2. The minimum absolute atomic E-state index is 0.0312. The molecule has 0 aromatic carbocycles. The van der Waals surface area contributed by atoms with Crippen molar-refractivity contribution in [2.24, 2.45) is 35.6 Å². The summed E-state index contributed by atoms with van der Waals surface area (Å²) in [6, 6.07) is 1.98. The lowest BCUT2D eigenvalue weighted by Crippen LogP contribution is -2.50. The third kappa shape index (κ3) is 3.15. The van der Waals surface area contributed by atoms with Gasteiger partial charge in [0.25, 0.3) is 0 Å². The Balaban J connectivity index is 1.43. The molecule has 0 radical (unpaired) electrons. The van der Waals surface area contributed by atoms with E-state index in [0.717, 1.165) is 56.2 Å². The molecule has 1 aromatic heterocycles. The highest BCUT2D eigenvalue weighted by Gasteiger charge is 2.60. The number of ketones is 1. The molecule has 5 heteroatoms. The molecule has 0 saturated heterocycles. The third-order valence-corrected chi connectivity index (χ3v) is 9.21. The van der Waals surface area contributed by atoms with E-state index in [-0.39, 0.29) is 22.9 Å². The van der Waals surface area contributed by atoms with Gasteiger partial charge in [-0.3, -0.25) is 14.3 Å². The lowest BCUT2D eigenvalue weighted by Gasteiger charge is -2.56. The van der Waals surface area contributed by atoms with Gasteiger partial charge in [0.2, 0.25) is 0 Å². The topological polar surface area (TPSA) is 61.2 Å². The Morgan fingerprint density at radius 1 is 1.19 bits per heavy atom. The molecule has 31 heavy (non-hydrogen) atoms. The van der Waals surface area contributed by atoms with Crippen molar-refractivity contribution in [2.75, 3.05) is 0 Å². The zero-order chi connectivity index (χ0) is 22.0. The van der Waals surface area contributed by atoms with E-state index in [1.54, 1.807) is 6.20 Å². The van der Waals surface area contributed by atoms with Crippen LogP contribution in [0.15, 0.2) is 29.5 Å². The predicted octanol–water partition coefficient (Wildman–Crippen LogP) is 4.88. The monoisotopic (exact) mass is 422 g/mol. The van der Waals surface area contributed by atoms with Crippen LogP contribution in [0.25, 0.3) is 6.08 Å². The van der Waals surface area contributed by atoms with Crippen LogP contribution >= 0.6 is 0 Å². The SMILES string of the molecule is CC(=O)O[C@@H]1CC[C@@]2(C)C(=CC[C@H]3[C@H]2CC[C@]2(C)C(=O)/C(=C/c4ccnn4C)C[C@H]32)C1. The van der Waals surface area contributed by atoms with Crippen LogP contribution in [-0.4, -0.2) is 27.6 Å². The molecule has 0 unspecified atom stereocenters. The van der Waals surface area contributed by atoms with Gasteiger partial charge in [0.05, 0.1) is 5.69 Å². The minimum Gasteiger partial charge on any atom is -0.462 e. The third-order valence-electron chi connectivity index (χ3n) is 9.21. The van der Waals surface area contributed by atoms with Crippen molar-refractivity contribution >= 4 is 17.8 Å². The molecule has 1 aromatic rings. The van der Waals surface area contributed by atoms with Crippen LogP contribution in [0, 0.1) is 28.6 Å². The van der Waals surface area contributed by atoms with Crippen molar-refractivity contribution < 1.29 is 14.3 Å².